The molecule has 0 aliphatic carbocycles. The smallest absolute Gasteiger partial charge is 0.323 e. The van der Waals surface area contributed by atoms with E-state index in [0.717, 1.165) is 26.8 Å². The van der Waals surface area contributed by atoms with Gasteiger partial charge in [-0.3, -0.25) is 0 Å². The van der Waals surface area contributed by atoms with E-state index in [1.807, 2.05) is 19.1 Å². The van der Waals surface area contributed by atoms with Crippen LogP contribution >= 0.6 is 15.9 Å². The third-order valence-corrected chi connectivity index (χ3v) is 4.00. The van der Waals surface area contributed by atoms with E-state index in [0.29, 0.717) is 0 Å². The van der Waals surface area contributed by atoms with Gasteiger partial charge in [0.15, 0.2) is 0 Å². The Bertz CT molecular complexity index is 838. The van der Waals surface area contributed by atoms with Gasteiger partial charge in [-0.05, 0) is 52.7 Å². The molecule has 1 atom stereocenters. The minimum absolute atomic E-state index is 0.00464. The Kier molecular flexibility index (Phi) is 3.55. The van der Waals surface area contributed by atoms with Gasteiger partial charge in [0, 0.05) is 10.5 Å². The Labute approximate surface area is 128 Å². The standard InChI is InChI=1S/C15H13BrFN3O/c1-8(9-2-4-10(17)5-3-9)18-12-7-14-13(6-11(12)16)19-15(21)20-14/h2-8,18H,1H3,(H2,19,20,21). The van der Waals surface area contributed by atoms with Gasteiger partial charge in [-0.2, -0.15) is 0 Å². The predicted octanol–water partition coefficient (Wildman–Crippen LogP) is 3.93. The Morgan fingerprint density at radius 2 is 1.76 bits per heavy atom. The molecule has 3 rings (SSSR count). The normalized spacial score (nSPS) is 12.5. The minimum Gasteiger partial charge on any atom is -0.378 e. The highest BCUT2D eigenvalue weighted by atomic mass is 79.9. The van der Waals surface area contributed by atoms with Gasteiger partial charge >= 0.3 is 5.69 Å². The second-order valence-electron chi connectivity index (χ2n) is 4.87. The van der Waals surface area contributed by atoms with Crippen molar-refractivity contribution in [3.8, 4) is 0 Å². The molecule has 0 saturated carbocycles. The molecule has 2 aromatic carbocycles. The average molecular weight is 350 g/mol. The third kappa shape index (κ3) is 2.85. The molecular formula is C15H13BrFN3O. The molecule has 3 N–H and O–H groups in total. The summed E-state index contributed by atoms with van der Waals surface area (Å²) in [6.07, 6.45) is 0. The van der Waals surface area contributed by atoms with Crippen LogP contribution in [-0.4, -0.2) is 9.97 Å². The molecular weight excluding hydrogens is 337 g/mol. The van der Waals surface area contributed by atoms with E-state index in [1.54, 1.807) is 12.1 Å². The molecule has 0 saturated heterocycles. The molecule has 1 aromatic heterocycles. The second kappa shape index (κ2) is 5.37. The van der Waals surface area contributed by atoms with Crippen molar-refractivity contribution in [3.63, 3.8) is 0 Å². The first-order valence-corrected chi connectivity index (χ1v) is 7.26. The zero-order valence-electron chi connectivity index (χ0n) is 11.2. The van der Waals surface area contributed by atoms with Crippen LogP contribution in [0.5, 0.6) is 0 Å². The van der Waals surface area contributed by atoms with Gasteiger partial charge in [-0.1, -0.05) is 12.1 Å². The highest BCUT2D eigenvalue weighted by Crippen LogP contribution is 2.29. The van der Waals surface area contributed by atoms with Crippen molar-refractivity contribution in [1.82, 2.24) is 9.97 Å². The number of fused-ring (bicyclic) bond motifs is 1. The van der Waals surface area contributed by atoms with E-state index in [4.69, 9.17) is 0 Å². The monoisotopic (exact) mass is 349 g/mol. The van der Waals surface area contributed by atoms with Crippen LogP contribution in [0.3, 0.4) is 0 Å². The van der Waals surface area contributed by atoms with E-state index >= 15 is 0 Å². The highest BCUT2D eigenvalue weighted by Gasteiger charge is 2.10. The molecule has 0 bridgehead atoms. The molecule has 3 aromatic rings. The fourth-order valence-electron chi connectivity index (χ4n) is 2.23. The summed E-state index contributed by atoms with van der Waals surface area (Å²) in [6, 6.07) is 10.1. The summed E-state index contributed by atoms with van der Waals surface area (Å²) in [7, 11) is 0. The topological polar surface area (TPSA) is 60.7 Å². The lowest BCUT2D eigenvalue weighted by Crippen LogP contribution is -2.07. The largest absolute Gasteiger partial charge is 0.378 e. The van der Waals surface area contributed by atoms with Gasteiger partial charge in [-0.15, -0.1) is 0 Å². The maximum Gasteiger partial charge on any atom is 0.323 e. The molecule has 1 unspecified atom stereocenters. The van der Waals surface area contributed by atoms with Crippen molar-refractivity contribution in [1.29, 1.82) is 0 Å². The molecule has 6 heteroatoms. The zero-order chi connectivity index (χ0) is 15.0. The van der Waals surface area contributed by atoms with E-state index in [9.17, 15) is 9.18 Å². The molecule has 0 spiro atoms. The highest BCUT2D eigenvalue weighted by molar-refractivity contribution is 9.10. The van der Waals surface area contributed by atoms with Crippen molar-refractivity contribution in [3.05, 3.63) is 62.7 Å². The van der Waals surface area contributed by atoms with Crippen molar-refractivity contribution in [2.45, 2.75) is 13.0 Å². The fourth-order valence-corrected chi connectivity index (χ4v) is 2.69. The predicted molar refractivity (Wildman–Crippen MR) is 85.1 cm³/mol. The number of nitrogens with one attached hydrogen (secondary N) is 3. The van der Waals surface area contributed by atoms with Gasteiger partial charge in [-0.25, -0.2) is 9.18 Å². The molecule has 108 valence electrons. The van der Waals surface area contributed by atoms with Crippen LogP contribution in [0.25, 0.3) is 11.0 Å². The molecule has 0 aliphatic rings. The Morgan fingerprint density at radius 3 is 2.43 bits per heavy atom. The van der Waals surface area contributed by atoms with Crippen LogP contribution in [0.1, 0.15) is 18.5 Å². The van der Waals surface area contributed by atoms with E-state index in [2.05, 4.69) is 31.2 Å². The first-order chi connectivity index (χ1) is 10.0. The summed E-state index contributed by atoms with van der Waals surface area (Å²) in [6.45, 7) is 1.99. The van der Waals surface area contributed by atoms with Gasteiger partial charge < -0.3 is 15.3 Å². The van der Waals surface area contributed by atoms with Gasteiger partial charge in [0.05, 0.1) is 16.7 Å². The van der Waals surface area contributed by atoms with Crippen molar-refractivity contribution >= 4 is 32.7 Å². The van der Waals surface area contributed by atoms with Crippen molar-refractivity contribution in [2.24, 2.45) is 0 Å². The van der Waals surface area contributed by atoms with Crippen molar-refractivity contribution < 1.29 is 4.39 Å². The summed E-state index contributed by atoms with van der Waals surface area (Å²) in [5, 5.41) is 3.34. The SMILES string of the molecule is CC(Nc1cc2[nH]c(=O)[nH]c2cc1Br)c1ccc(F)cc1. The summed E-state index contributed by atoms with van der Waals surface area (Å²) in [5.41, 5.74) is 3.07. The van der Waals surface area contributed by atoms with Gasteiger partial charge in [0.2, 0.25) is 0 Å². The van der Waals surface area contributed by atoms with Gasteiger partial charge in [0.25, 0.3) is 0 Å². The number of rotatable bonds is 3. The number of benzene rings is 2. The fraction of sp³-hybridized carbons (Fsp3) is 0.133. The first-order valence-electron chi connectivity index (χ1n) is 6.46. The van der Waals surface area contributed by atoms with E-state index in [-0.39, 0.29) is 17.5 Å². The zero-order valence-corrected chi connectivity index (χ0v) is 12.8. The Balaban J connectivity index is 1.91. The Morgan fingerprint density at radius 1 is 1.14 bits per heavy atom. The van der Waals surface area contributed by atoms with Crippen LogP contribution in [0.2, 0.25) is 0 Å². The van der Waals surface area contributed by atoms with Crippen LogP contribution in [0.15, 0.2) is 45.7 Å². The lowest BCUT2D eigenvalue weighted by atomic mass is 10.1. The number of halogens is 2. The number of H-pyrrole nitrogens is 2. The number of aromatic nitrogens is 2. The minimum atomic E-state index is -0.251. The molecule has 0 radical (unpaired) electrons. The summed E-state index contributed by atoms with van der Waals surface area (Å²) < 4.78 is 13.8. The molecule has 1 heterocycles. The number of aromatic amines is 2. The van der Waals surface area contributed by atoms with Crippen LogP contribution in [-0.2, 0) is 0 Å². The van der Waals surface area contributed by atoms with Gasteiger partial charge in [0.1, 0.15) is 5.82 Å². The lowest BCUT2D eigenvalue weighted by molar-refractivity contribution is 0.626. The van der Waals surface area contributed by atoms with Crippen molar-refractivity contribution in [2.75, 3.05) is 5.32 Å². The lowest BCUT2D eigenvalue weighted by Gasteiger charge is -2.17. The molecule has 0 fully saturated rings. The summed E-state index contributed by atoms with van der Waals surface area (Å²) in [4.78, 5) is 16.7. The van der Waals surface area contributed by atoms with E-state index < -0.39 is 0 Å². The van der Waals surface area contributed by atoms with Crippen LogP contribution in [0.4, 0.5) is 10.1 Å². The van der Waals surface area contributed by atoms with Crippen LogP contribution in [0, 0.1) is 5.82 Å². The third-order valence-electron chi connectivity index (χ3n) is 3.35. The number of hydrogen-bond acceptors (Lipinski definition) is 2. The summed E-state index contributed by atoms with van der Waals surface area (Å²) >= 11 is 3.48. The first kappa shape index (κ1) is 13.9. The quantitative estimate of drug-likeness (QED) is 0.670. The van der Waals surface area contributed by atoms with E-state index in [1.165, 1.54) is 12.1 Å². The summed E-state index contributed by atoms with van der Waals surface area (Å²) in [5.74, 6) is -0.251. The number of imidazole rings is 1. The maximum atomic E-state index is 13.0. The average Bonchev–Trinajstić information content (AvgIpc) is 2.79. The number of anilines is 1. The second-order valence-corrected chi connectivity index (χ2v) is 5.73. The Hall–Kier alpha value is -2.08. The molecule has 0 aliphatic heterocycles. The molecule has 21 heavy (non-hydrogen) atoms. The number of hydrogen-bond donors (Lipinski definition) is 3. The maximum absolute atomic E-state index is 13.0. The molecule has 0 amide bonds. The van der Waals surface area contributed by atoms with Crippen LogP contribution < -0.4 is 11.0 Å². The molecule has 4 nitrogen and oxygen atoms in total.